The van der Waals surface area contributed by atoms with Gasteiger partial charge in [-0.05, 0) is 50.2 Å². The van der Waals surface area contributed by atoms with E-state index in [0.717, 1.165) is 23.2 Å². The minimum Gasteiger partial charge on any atom is -0.320 e. The minimum absolute atomic E-state index is 0.0645. The van der Waals surface area contributed by atoms with Gasteiger partial charge in [-0.15, -0.1) is 0 Å². The highest BCUT2D eigenvalue weighted by atomic mass is 19.1. The molecule has 0 aliphatic heterocycles. The molecular formula is C24H18F2N6O. The predicted octanol–water partition coefficient (Wildman–Crippen LogP) is 4.75. The van der Waals surface area contributed by atoms with Crippen molar-refractivity contribution < 1.29 is 13.6 Å². The smallest absolute Gasteiger partial charge is 0.259 e. The number of para-hydroxylation sites is 2. The summed E-state index contributed by atoms with van der Waals surface area (Å²) in [5, 5.41) is 7.08. The number of hydrogen-bond acceptors (Lipinski definition) is 4. The van der Waals surface area contributed by atoms with Gasteiger partial charge < -0.3 is 5.32 Å². The van der Waals surface area contributed by atoms with Gasteiger partial charge in [-0.2, -0.15) is 5.10 Å². The molecule has 1 amide bonds. The molecule has 7 nitrogen and oxygen atoms in total. The average molecular weight is 444 g/mol. The first kappa shape index (κ1) is 20.5. The number of nitrogens with zero attached hydrogens (tertiary/aromatic N) is 5. The molecule has 0 saturated heterocycles. The fourth-order valence-electron chi connectivity index (χ4n) is 3.80. The van der Waals surface area contributed by atoms with Crippen LogP contribution in [0.3, 0.4) is 0 Å². The van der Waals surface area contributed by atoms with Gasteiger partial charge in [-0.1, -0.05) is 12.1 Å². The molecule has 0 bridgehead atoms. The molecule has 164 valence electrons. The highest BCUT2D eigenvalue weighted by Gasteiger charge is 2.21. The molecule has 0 aliphatic carbocycles. The van der Waals surface area contributed by atoms with Gasteiger partial charge in [0.15, 0.2) is 5.82 Å². The Morgan fingerprint density at radius 2 is 1.82 bits per heavy atom. The van der Waals surface area contributed by atoms with Gasteiger partial charge in [0.25, 0.3) is 5.91 Å². The van der Waals surface area contributed by atoms with Crippen LogP contribution < -0.4 is 5.32 Å². The number of aryl methyl sites for hydroxylation is 1. The van der Waals surface area contributed by atoms with Crippen molar-refractivity contribution in [2.24, 2.45) is 0 Å². The van der Waals surface area contributed by atoms with E-state index in [-0.39, 0.29) is 5.69 Å². The molecule has 0 radical (unpaired) electrons. The molecule has 0 unspecified atom stereocenters. The third-order valence-electron chi connectivity index (χ3n) is 5.36. The van der Waals surface area contributed by atoms with Crippen molar-refractivity contribution in [1.29, 1.82) is 0 Å². The normalized spacial score (nSPS) is 11.2. The molecule has 33 heavy (non-hydrogen) atoms. The Kier molecular flexibility index (Phi) is 4.93. The summed E-state index contributed by atoms with van der Waals surface area (Å²) >= 11 is 0. The lowest BCUT2D eigenvalue weighted by molar-refractivity contribution is 0.102. The zero-order chi connectivity index (χ0) is 23.1. The van der Waals surface area contributed by atoms with E-state index in [1.807, 2.05) is 28.8 Å². The van der Waals surface area contributed by atoms with E-state index in [4.69, 9.17) is 0 Å². The maximum absolute atomic E-state index is 14.2. The van der Waals surface area contributed by atoms with Gasteiger partial charge in [0.2, 0.25) is 0 Å². The molecule has 5 aromatic rings. The summed E-state index contributed by atoms with van der Waals surface area (Å²) in [4.78, 5) is 21.8. The minimum atomic E-state index is -0.764. The fourth-order valence-corrected chi connectivity index (χ4v) is 3.80. The van der Waals surface area contributed by atoms with Crippen molar-refractivity contribution in [3.63, 3.8) is 0 Å². The van der Waals surface area contributed by atoms with Crippen molar-refractivity contribution in [1.82, 2.24) is 24.3 Å². The van der Waals surface area contributed by atoms with Crippen LogP contribution in [-0.2, 0) is 0 Å². The van der Waals surface area contributed by atoms with Gasteiger partial charge in [-0.3, -0.25) is 9.36 Å². The summed E-state index contributed by atoms with van der Waals surface area (Å²) in [5.74, 6) is -1.19. The van der Waals surface area contributed by atoms with Crippen molar-refractivity contribution in [2.45, 2.75) is 13.8 Å². The fraction of sp³-hybridized carbons (Fsp3) is 0.0833. The second-order valence-electron chi connectivity index (χ2n) is 7.52. The largest absolute Gasteiger partial charge is 0.320 e. The highest BCUT2D eigenvalue weighted by Crippen LogP contribution is 2.22. The van der Waals surface area contributed by atoms with E-state index in [1.165, 1.54) is 10.7 Å². The van der Waals surface area contributed by atoms with Crippen LogP contribution in [0.4, 0.5) is 14.5 Å². The summed E-state index contributed by atoms with van der Waals surface area (Å²) in [6.07, 6.45) is 3.25. The summed E-state index contributed by atoms with van der Waals surface area (Å²) in [5.41, 5.74) is 3.50. The lowest BCUT2D eigenvalue weighted by Crippen LogP contribution is -2.14. The lowest BCUT2D eigenvalue weighted by Gasteiger charge is -2.08. The number of fused-ring (bicyclic) bond motifs is 1. The number of carbonyl (C=O) groups excluding carboxylic acids is 1. The Morgan fingerprint density at radius 3 is 2.58 bits per heavy atom. The molecule has 0 spiro atoms. The van der Waals surface area contributed by atoms with Gasteiger partial charge in [-0.25, -0.2) is 23.4 Å². The second-order valence-corrected chi connectivity index (χ2v) is 7.52. The summed E-state index contributed by atoms with van der Waals surface area (Å²) in [7, 11) is 0. The number of imidazole rings is 1. The standard InChI is InChI=1S/C24H18F2N6O/c1-14-23(15(2)32(30-14)20-9-7-16(25)11-18(20)26)24(33)29-17-8-10-22(27-12-17)31-13-28-19-5-3-4-6-21(19)31/h3-13H,1-2H3,(H,29,33). The maximum Gasteiger partial charge on any atom is 0.259 e. The SMILES string of the molecule is Cc1nn(-c2ccc(F)cc2F)c(C)c1C(=O)Nc1ccc(-n2cnc3ccccc32)nc1. The quantitative estimate of drug-likeness (QED) is 0.434. The van der Waals surface area contributed by atoms with E-state index in [9.17, 15) is 13.6 Å². The van der Waals surface area contributed by atoms with Crippen LogP contribution in [-0.4, -0.2) is 30.2 Å². The lowest BCUT2D eigenvalue weighted by atomic mass is 10.1. The molecule has 5 rings (SSSR count). The van der Waals surface area contributed by atoms with Crippen LogP contribution in [0.25, 0.3) is 22.5 Å². The Balaban J connectivity index is 1.40. The number of rotatable bonds is 4. The molecule has 0 aliphatic rings. The zero-order valence-electron chi connectivity index (χ0n) is 17.8. The topological polar surface area (TPSA) is 77.6 Å². The molecule has 0 fully saturated rings. The number of hydrogen-bond donors (Lipinski definition) is 1. The van der Waals surface area contributed by atoms with Crippen molar-refractivity contribution in [3.05, 3.63) is 95.7 Å². The molecule has 0 saturated carbocycles. The molecular weight excluding hydrogens is 426 g/mol. The van der Waals surface area contributed by atoms with E-state index in [1.54, 1.807) is 38.5 Å². The third-order valence-corrected chi connectivity index (χ3v) is 5.36. The van der Waals surface area contributed by atoms with E-state index >= 15 is 0 Å². The number of carbonyl (C=O) groups is 1. The van der Waals surface area contributed by atoms with E-state index in [0.29, 0.717) is 28.5 Å². The Bertz CT molecular complexity index is 1500. The Labute approximate surface area is 187 Å². The zero-order valence-corrected chi connectivity index (χ0v) is 17.8. The van der Waals surface area contributed by atoms with Gasteiger partial charge >= 0.3 is 0 Å². The molecule has 3 aromatic heterocycles. The summed E-state index contributed by atoms with van der Waals surface area (Å²) < 4.78 is 30.7. The van der Waals surface area contributed by atoms with Crippen molar-refractivity contribution in [2.75, 3.05) is 5.32 Å². The Hall–Kier alpha value is -4.40. The van der Waals surface area contributed by atoms with E-state index in [2.05, 4.69) is 20.4 Å². The van der Waals surface area contributed by atoms with Crippen molar-refractivity contribution >= 4 is 22.6 Å². The maximum atomic E-state index is 14.2. The molecule has 2 aromatic carbocycles. The first-order valence-corrected chi connectivity index (χ1v) is 10.1. The number of aromatic nitrogens is 5. The number of halogens is 2. The monoisotopic (exact) mass is 444 g/mol. The van der Waals surface area contributed by atoms with Crippen LogP contribution in [0.1, 0.15) is 21.7 Å². The number of amides is 1. The van der Waals surface area contributed by atoms with Crippen molar-refractivity contribution in [3.8, 4) is 11.5 Å². The molecule has 9 heteroatoms. The number of anilines is 1. The van der Waals surface area contributed by atoms with Gasteiger partial charge in [0.05, 0.1) is 39.9 Å². The molecule has 0 atom stereocenters. The number of nitrogens with one attached hydrogen (secondary N) is 1. The second kappa shape index (κ2) is 7.94. The van der Waals surface area contributed by atoms with E-state index < -0.39 is 17.5 Å². The van der Waals surface area contributed by atoms with Crippen LogP contribution >= 0.6 is 0 Å². The van der Waals surface area contributed by atoms with Crippen LogP contribution in [0.2, 0.25) is 0 Å². The van der Waals surface area contributed by atoms with Crippen LogP contribution in [0.5, 0.6) is 0 Å². The average Bonchev–Trinajstić information content (AvgIpc) is 3.35. The first-order valence-electron chi connectivity index (χ1n) is 10.1. The molecule has 1 N–H and O–H groups in total. The summed E-state index contributed by atoms with van der Waals surface area (Å²) in [6.45, 7) is 3.31. The third kappa shape index (κ3) is 3.63. The summed E-state index contributed by atoms with van der Waals surface area (Å²) in [6, 6.07) is 14.4. The van der Waals surface area contributed by atoms with Crippen LogP contribution in [0, 0.1) is 25.5 Å². The number of benzene rings is 2. The van der Waals surface area contributed by atoms with Gasteiger partial charge in [0, 0.05) is 6.07 Å². The van der Waals surface area contributed by atoms with Gasteiger partial charge in [0.1, 0.15) is 23.6 Å². The first-order chi connectivity index (χ1) is 15.9. The number of pyridine rings is 1. The predicted molar refractivity (Wildman–Crippen MR) is 120 cm³/mol. The highest BCUT2D eigenvalue weighted by molar-refractivity contribution is 6.05. The molecule has 3 heterocycles. The van der Waals surface area contributed by atoms with Crippen LogP contribution in [0.15, 0.2) is 67.1 Å². The Morgan fingerprint density at radius 1 is 1.00 bits per heavy atom.